The number of ether oxygens (including phenoxy) is 2. The van der Waals surface area contributed by atoms with Crippen LogP contribution in [0.2, 0.25) is 0 Å². The second kappa shape index (κ2) is 5.96. The molecule has 19 heavy (non-hydrogen) atoms. The largest absolute Gasteiger partial charge is 0.496 e. The van der Waals surface area contributed by atoms with E-state index in [-0.39, 0.29) is 0 Å². The topological polar surface area (TPSA) is 44.5 Å². The first-order valence-electron chi connectivity index (χ1n) is 5.99. The summed E-state index contributed by atoms with van der Waals surface area (Å²) in [5, 5.41) is 0. The molecule has 0 unspecified atom stereocenters. The van der Waals surface area contributed by atoms with E-state index < -0.39 is 0 Å². The lowest BCUT2D eigenvalue weighted by Crippen LogP contribution is -1.95. The molecule has 0 spiro atoms. The van der Waals surface area contributed by atoms with Crippen LogP contribution in [0.5, 0.6) is 11.5 Å². The summed E-state index contributed by atoms with van der Waals surface area (Å²) in [4.78, 5) is 0. The van der Waals surface area contributed by atoms with Crippen molar-refractivity contribution in [3.05, 3.63) is 53.6 Å². The Kier molecular flexibility index (Phi) is 4.08. The van der Waals surface area contributed by atoms with Crippen molar-refractivity contribution in [3.8, 4) is 11.5 Å². The molecule has 0 saturated carbocycles. The van der Waals surface area contributed by atoms with Crippen LogP contribution in [0.1, 0.15) is 11.1 Å². The maximum absolute atomic E-state index is 5.85. The highest BCUT2D eigenvalue weighted by molar-refractivity contribution is 5.76. The highest BCUT2D eigenvalue weighted by atomic mass is 16.5. The minimum Gasteiger partial charge on any atom is -0.496 e. The van der Waals surface area contributed by atoms with Gasteiger partial charge in [-0.15, -0.1) is 0 Å². The van der Waals surface area contributed by atoms with Gasteiger partial charge in [0.1, 0.15) is 11.5 Å². The van der Waals surface area contributed by atoms with Crippen LogP contribution in [0.15, 0.2) is 42.5 Å². The Morgan fingerprint density at radius 3 is 2.21 bits per heavy atom. The predicted octanol–water partition coefficient (Wildman–Crippen LogP) is 3.46. The zero-order chi connectivity index (χ0) is 13.7. The number of methoxy groups -OCH3 is 2. The quantitative estimate of drug-likeness (QED) is 0.672. The van der Waals surface area contributed by atoms with Crippen LogP contribution in [-0.4, -0.2) is 14.2 Å². The van der Waals surface area contributed by atoms with Crippen LogP contribution < -0.4 is 15.2 Å². The Hall–Kier alpha value is -2.42. The van der Waals surface area contributed by atoms with Gasteiger partial charge < -0.3 is 15.2 Å². The van der Waals surface area contributed by atoms with E-state index in [1.807, 2.05) is 48.6 Å². The number of benzene rings is 2. The molecule has 2 aromatic rings. The van der Waals surface area contributed by atoms with Gasteiger partial charge in [0, 0.05) is 11.6 Å². The van der Waals surface area contributed by atoms with Crippen molar-refractivity contribution in [2.45, 2.75) is 0 Å². The fraction of sp³-hybridized carbons (Fsp3) is 0.125. The van der Waals surface area contributed by atoms with Gasteiger partial charge in [0.2, 0.25) is 0 Å². The Morgan fingerprint density at radius 1 is 0.895 bits per heavy atom. The van der Waals surface area contributed by atoms with Crippen molar-refractivity contribution in [2.75, 3.05) is 20.0 Å². The summed E-state index contributed by atoms with van der Waals surface area (Å²) >= 11 is 0. The normalized spacial score (nSPS) is 10.6. The molecule has 98 valence electrons. The van der Waals surface area contributed by atoms with E-state index in [1.54, 1.807) is 20.3 Å². The first kappa shape index (κ1) is 13.0. The summed E-state index contributed by atoms with van der Waals surface area (Å²) in [6.07, 6.45) is 4.00. The average Bonchev–Trinajstić information content (AvgIpc) is 2.46. The maximum atomic E-state index is 5.85. The minimum absolute atomic E-state index is 0.566. The first-order chi connectivity index (χ1) is 9.24. The lowest BCUT2D eigenvalue weighted by Gasteiger charge is -2.10. The van der Waals surface area contributed by atoms with E-state index in [1.165, 1.54) is 0 Å². The Balaban J connectivity index is 2.36. The van der Waals surface area contributed by atoms with Crippen LogP contribution in [0.4, 0.5) is 5.69 Å². The molecular weight excluding hydrogens is 238 g/mol. The highest BCUT2D eigenvalue weighted by Crippen LogP contribution is 2.31. The van der Waals surface area contributed by atoms with E-state index in [0.29, 0.717) is 11.4 Å². The lowest BCUT2D eigenvalue weighted by atomic mass is 10.1. The van der Waals surface area contributed by atoms with Crippen LogP contribution in [0, 0.1) is 0 Å². The molecule has 2 N–H and O–H groups in total. The van der Waals surface area contributed by atoms with E-state index in [2.05, 4.69) is 0 Å². The molecular formula is C16H17NO2. The molecule has 0 atom stereocenters. The summed E-state index contributed by atoms with van der Waals surface area (Å²) in [7, 11) is 3.23. The summed E-state index contributed by atoms with van der Waals surface area (Å²) in [5.41, 5.74) is 8.47. The molecule has 0 heterocycles. The number of anilines is 1. The number of rotatable bonds is 4. The van der Waals surface area contributed by atoms with Gasteiger partial charge in [-0.1, -0.05) is 42.5 Å². The summed E-state index contributed by atoms with van der Waals surface area (Å²) in [5.74, 6) is 1.37. The fourth-order valence-corrected chi connectivity index (χ4v) is 1.83. The third-order valence-corrected chi connectivity index (χ3v) is 2.84. The van der Waals surface area contributed by atoms with Crippen molar-refractivity contribution in [1.82, 2.24) is 0 Å². The molecule has 0 fully saturated rings. The summed E-state index contributed by atoms with van der Waals surface area (Å²) < 4.78 is 10.6. The molecule has 0 saturated heterocycles. The molecule has 0 aliphatic heterocycles. The van der Waals surface area contributed by atoms with Gasteiger partial charge in [-0.2, -0.15) is 0 Å². The fourth-order valence-electron chi connectivity index (χ4n) is 1.83. The maximum Gasteiger partial charge on any atom is 0.142 e. The van der Waals surface area contributed by atoms with E-state index >= 15 is 0 Å². The van der Waals surface area contributed by atoms with Gasteiger partial charge in [-0.3, -0.25) is 0 Å². The van der Waals surface area contributed by atoms with Gasteiger partial charge >= 0.3 is 0 Å². The smallest absolute Gasteiger partial charge is 0.142 e. The molecule has 3 nitrogen and oxygen atoms in total. The van der Waals surface area contributed by atoms with Crippen LogP contribution in [0.25, 0.3) is 12.2 Å². The van der Waals surface area contributed by atoms with Gasteiger partial charge in [-0.25, -0.2) is 0 Å². The Labute approximate surface area is 113 Å². The van der Waals surface area contributed by atoms with E-state index in [4.69, 9.17) is 15.2 Å². The molecule has 0 aliphatic rings. The molecule has 0 aromatic heterocycles. The standard InChI is InChI=1S/C16H17NO2/c1-18-15-11-14(17)16(19-2)10-13(15)9-8-12-6-4-3-5-7-12/h3-11H,17H2,1-2H3/b9-8+. The van der Waals surface area contributed by atoms with Crippen LogP contribution in [0.3, 0.4) is 0 Å². The summed E-state index contributed by atoms with van der Waals surface area (Å²) in [6.45, 7) is 0. The van der Waals surface area contributed by atoms with Crippen molar-refractivity contribution in [3.63, 3.8) is 0 Å². The zero-order valence-corrected chi connectivity index (χ0v) is 11.1. The number of hydrogen-bond acceptors (Lipinski definition) is 3. The molecule has 2 rings (SSSR count). The Morgan fingerprint density at radius 2 is 1.58 bits per heavy atom. The van der Waals surface area contributed by atoms with Crippen LogP contribution >= 0.6 is 0 Å². The molecule has 0 aliphatic carbocycles. The number of nitrogen functional groups attached to an aromatic ring is 1. The molecule has 0 radical (unpaired) electrons. The van der Waals surface area contributed by atoms with E-state index in [9.17, 15) is 0 Å². The number of hydrogen-bond donors (Lipinski definition) is 1. The van der Waals surface area contributed by atoms with Gasteiger partial charge in [0.05, 0.1) is 19.9 Å². The molecule has 2 aromatic carbocycles. The predicted molar refractivity (Wildman–Crippen MR) is 79.3 cm³/mol. The first-order valence-corrected chi connectivity index (χ1v) is 5.99. The molecule has 0 bridgehead atoms. The number of nitrogens with two attached hydrogens (primary N) is 1. The highest BCUT2D eigenvalue weighted by Gasteiger charge is 2.06. The molecule has 0 amide bonds. The van der Waals surface area contributed by atoms with Gasteiger partial charge in [0.25, 0.3) is 0 Å². The van der Waals surface area contributed by atoms with Crippen molar-refractivity contribution in [1.29, 1.82) is 0 Å². The third kappa shape index (κ3) is 3.07. The molecule has 3 heteroatoms. The van der Waals surface area contributed by atoms with Gasteiger partial charge in [-0.05, 0) is 11.6 Å². The van der Waals surface area contributed by atoms with Crippen LogP contribution in [-0.2, 0) is 0 Å². The van der Waals surface area contributed by atoms with Crippen molar-refractivity contribution >= 4 is 17.8 Å². The second-order valence-corrected chi connectivity index (χ2v) is 4.08. The second-order valence-electron chi connectivity index (χ2n) is 4.08. The van der Waals surface area contributed by atoms with Crippen molar-refractivity contribution in [2.24, 2.45) is 0 Å². The summed E-state index contributed by atoms with van der Waals surface area (Å²) in [6, 6.07) is 13.7. The Bertz CT molecular complexity index is 577. The van der Waals surface area contributed by atoms with Crippen molar-refractivity contribution < 1.29 is 9.47 Å². The lowest BCUT2D eigenvalue weighted by molar-refractivity contribution is 0.404. The average molecular weight is 255 g/mol. The third-order valence-electron chi connectivity index (χ3n) is 2.84. The van der Waals surface area contributed by atoms with E-state index in [0.717, 1.165) is 16.9 Å². The van der Waals surface area contributed by atoms with Gasteiger partial charge in [0.15, 0.2) is 0 Å². The minimum atomic E-state index is 0.566. The monoisotopic (exact) mass is 255 g/mol. The zero-order valence-electron chi connectivity index (χ0n) is 11.1. The SMILES string of the molecule is COc1cc(/C=C/c2ccccc2)c(OC)cc1N.